The third-order valence-corrected chi connectivity index (χ3v) is 4.76. The highest BCUT2D eigenvalue weighted by Crippen LogP contribution is 2.34. The van der Waals surface area contributed by atoms with Gasteiger partial charge in [-0.15, -0.1) is 11.3 Å². The Labute approximate surface area is 115 Å². The lowest BCUT2D eigenvalue weighted by Crippen LogP contribution is -2.06. The van der Waals surface area contributed by atoms with E-state index in [-0.39, 0.29) is 0 Å². The summed E-state index contributed by atoms with van der Waals surface area (Å²) >= 11 is 5.34. The summed E-state index contributed by atoms with van der Waals surface area (Å²) in [6, 6.07) is 10.8. The first kappa shape index (κ1) is 12.8. The molecule has 1 atom stereocenters. The van der Waals surface area contributed by atoms with Crippen molar-refractivity contribution in [1.82, 2.24) is 0 Å². The molecule has 2 aromatic rings. The van der Waals surface area contributed by atoms with Crippen molar-refractivity contribution in [2.45, 2.75) is 19.8 Å². The van der Waals surface area contributed by atoms with E-state index in [2.05, 4.69) is 60.1 Å². The fourth-order valence-corrected chi connectivity index (χ4v) is 3.42. The number of halogens is 1. The van der Waals surface area contributed by atoms with E-state index < -0.39 is 0 Å². The average Bonchev–Trinajstić information content (AvgIpc) is 2.77. The standard InChI is InChI=1S/C14H16BrNS/c1-9-7-11(15)3-4-12(9)14-6-5-13(17-14)10(2)8-16/h3-7,10H,8,16H2,1-2H3. The Hall–Kier alpha value is -0.640. The second-order valence-electron chi connectivity index (χ2n) is 4.30. The number of thiophene rings is 1. The molecule has 0 spiro atoms. The van der Waals surface area contributed by atoms with Crippen molar-refractivity contribution in [2.75, 3.05) is 6.54 Å². The molecule has 0 aliphatic carbocycles. The SMILES string of the molecule is Cc1cc(Br)ccc1-c1ccc(C(C)CN)s1. The number of rotatable bonds is 3. The smallest absolute Gasteiger partial charge is 0.0348 e. The van der Waals surface area contributed by atoms with Crippen LogP contribution in [0.3, 0.4) is 0 Å². The topological polar surface area (TPSA) is 26.0 Å². The van der Waals surface area contributed by atoms with Gasteiger partial charge in [0, 0.05) is 20.1 Å². The van der Waals surface area contributed by atoms with E-state index in [9.17, 15) is 0 Å². The van der Waals surface area contributed by atoms with E-state index in [1.807, 2.05) is 11.3 Å². The number of nitrogens with two attached hydrogens (primary N) is 1. The fourth-order valence-electron chi connectivity index (χ4n) is 1.78. The molecule has 0 saturated heterocycles. The Morgan fingerprint density at radius 3 is 2.71 bits per heavy atom. The van der Waals surface area contributed by atoms with Gasteiger partial charge in [0.15, 0.2) is 0 Å². The third-order valence-electron chi connectivity index (χ3n) is 2.92. The summed E-state index contributed by atoms with van der Waals surface area (Å²) in [6.45, 7) is 5.02. The van der Waals surface area contributed by atoms with Crippen LogP contribution in [-0.2, 0) is 0 Å². The molecule has 0 aliphatic rings. The van der Waals surface area contributed by atoms with E-state index in [0.717, 1.165) is 4.47 Å². The van der Waals surface area contributed by atoms with Crippen LogP contribution in [0.15, 0.2) is 34.8 Å². The zero-order valence-electron chi connectivity index (χ0n) is 10.0. The maximum atomic E-state index is 5.70. The summed E-state index contributed by atoms with van der Waals surface area (Å²) in [7, 11) is 0. The number of hydrogen-bond donors (Lipinski definition) is 1. The van der Waals surface area contributed by atoms with Crippen molar-refractivity contribution in [3.05, 3.63) is 45.2 Å². The molecule has 0 aliphatic heterocycles. The first-order chi connectivity index (χ1) is 8.11. The lowest BCUT2D eigenvalue weighted by Gasteiger charge is -2.05. The van der Waals surface area contributed by atoms with E-state index in [0.29, 0.717) is 12.5 Å². The molecular formula is C14H16BrNS. The van der Waals surface area contributed by atoms with E-state index in [4.69, 9.17) is 5.73 Å². The largest absolute Gasteiger partial charge is 0.330 e. The first-order valence-corrected chi connectivity index (χ1v) is 7.29. The maximum Gasteiger partial charge on any atom is 0.0348 e. The average molecular weight is 310 g/mol. The van der Waals surface area contributed by atoms with Gasteiger partial charge < -0.3 is 5.73 Å². The highest BCUT2D eigenvalue weighted by Gasteiger charge is 2.09. The Bertz CT molecular complexity index is 519. The number of aryl methyl sites for hydroxylation is 1. The van der Waals surface area contributed by atoms with Crippen LogP contribution < -0.4 is 5.73 Å². The molecule has 2 N–H and O–H groups in total. The van der Waals surface area contributed by atoms with Crippen molar-refractivity contribution in [1.29, 1.82) is 0 Å². The van der Waals surface area contributed by atoms with Gasteiger partial charge in [-0.25, -0.2) is 0 Å². The van der Waals surface area contributed by atoms with Gasteiger partial charge >= 0.3 is 0 Å². The summed E-state index contributed by atoms with van der Waals surface area (Å²) in [5, 5.41) is 0. The van der Waals surface area contributed by atoms with Crippen LogP contribution in [-0.4, -0.2) is 6.54 Å². The second-order valence-corrected chi connectivity index (χ2v) is 6.33. The van der Waals surface area contributed by atoms with Gasteiger partial charge in [-0.05, 0) is 48.9 Å². The molecule has 3 heteroatoms. The molecule has 0 fully saturated rings. The van der Waals surface area contributed by atoms with Crippen molar-refractivity contribution < 1.29 is 0 Å². The minimum Gasteiger partial charge on any atom is -0.330 e. The van der Waals surface area contributed by atoms with Crippen molar-refractivity contribution in [2.24, 2.45) is 5.73 Å². The molecule has 0 bridgehead atoms. The maximum absolute atomic E-state index is 5.70. The van der Waals surface area contributed by atoms with Crippen LogP contribution in [0, 0.1) is 6.92 Å². The van der Waals surface area contributed by atoms with Gasteiger partial charge in [-0.2, -0.15) is 0 Å². The minimum atomic E-state index is 0.449. The van der Waals surface area contributed by atoms with Gasteiger partial charge in [0.2, 0.25) is 0 Å². The lowest BCUT2D eigenvalue weighted by molar-refractivity contribution is 0.790. The minimum absolute atomic E-state index is 0.449. The molecule has 1 heterocycles. The molecule has 0 amide bonds. The second kappa shape index (κ2) is 5.34. The number of benzene rings is 1. The third kappa shape index (κ3) is 2.79. The van der Waals surface area contributed by atoms with Gasteiger partial charge in [-0.3, -0.25) is 0 Å². The summed E-state index contributed by atoms with van der Waals surface area (Å²) in [5.74, 6) is 0.449. The molecule has 90 valence electrons. The molecule has 1 aromatic carbocycles. The van der Waals surface area contributed by atoms with Crippen molar-refractivity contribution >= 4 is 27.3 Å². The highest BCUT2D eigenvalue weighted by atomic mass is 79.9. The van der Waals surface area contributed by atoms with Crippen LogP contribution in [0.1, 0.15) is 23.3 Å². The summed E-state index contributed by atoms with van der Waals surface area (Å²) in [6.07, 6.45) is 0. The molecule has 2 rings (SSSR count). The molecule has 17 heavy (non-hydrogen) atoms. The fraction of sp³-hybridized carbons (Fsp3) is 0.286. The highest BCUT2D eigenvalue weighted by molar-refractivity contribution is 9.10. The van der Waals surface area contributed by atoms with Crippen LogP contribution in [0.4, 0.5) is 0 Å². The van der Waals surface area contributed by atoms with Crippen LogP contribution in [0.25, 0.3) is 10.4 Å². The Morgan fingerprint density at radius 1 is 1.29 bits per heavy atom. The predicted molar refractivity (Wildman–Crippen MR) is 79.7 cm³/mol. The van der Waals surface area contributed by atoms with Crippen LogP contribution >= 0.6 is 27.3 Å². The van der Waals surface area contributed by atoms with Crippen molar-refractivity contribution in [3.63, 3.8) is 0 Å². The lowest BCUT2D eigenvalue weighted by atomic mass is 10.1. The van der Waals surface area contributed by atoms with E-state index in [1.54, 1.807) is 0 Å². The Balaban J connectivity index is 2.37. The quantitative estimate of drug-likeness (QED) is 0.884. The molecular weight excluding hydrogens is 294 g/mol. The van der Waals surface area contributed by atoms with E-state index >= 15 is 0 Å². The summed E-state index contributed by atoms with van der Waals surface area (Å²) < 4.78 is 1.13. The Morgan fingerprint density at radius 2 is 2.06 bits per heavy atom. The Kier molecular flexibility index (Phi) is 4.02. The molecule has 1 nitrogen and oxygen atoms in total. The van der Waals surface area contributed by atoms with Crippen LogP contribution in [0.2, 0.25) is 0 Å². The predicted octanol–water partition coefficient (Wildman–Crippen LogP) is 4.55. The number of hydrogen-bond acceptors (Lipinski definition) is 2. The molecule has 1 unspecified atom stereocenters. The normalized spacial score (nSPS) is 12.7. The van der Waals surface area contributed by atoms with Gasteiger partial charge in [0.05, 0.1) is 0 Å². The van der Waals surface area contributed by atoms with Gasteiger partial charge in [0.1, 0.15) is 0 Å². The molecule has 0 saturated carbocycles. The monoisotopic (exact) mass is 309 g/mol. The summed E-state index contributed by atoms with van der Waals surface area (Å²) in [5.41, 5.74) is 8.32. The zero-order valence-corrected chi connectivity index (χ0v) is 12.4. The molecule has 1 aromatic heterocycles. The first-order valence-electron chi connectivity index (χ1n) is 5.68. The van der Waals surface area contributed by atoms with Gasteiger partial charge in [0.25, 0.3) is 0 Å². The summed E-state index contributed by atoms with van der Waals surface area (Å²) in [4.78, 5) is 2.69. The van der Waals surface area contributed by atoms with Crippen LogP contribution in [0.5, 0.6) is 0 Å². The zero-order chi connectivity index (χ0) is 12.4. The van der Waals surface area contributed by atoms with Crippen molar-refractivity contribution in [3.8, 4) is 10.4 Å². The molecule has 0 radical (unpaired) electrons. The van der Waals surface area contributed by atoms with Gasteiger partial charge in [-0.1, -0.05) is 28.9 Å². The van der Waals surface area contributed by atoms with E-state index in [1.165, 1.54) is 20.9 Å².